The smallest absolute Gasteiger partial charge is 0.118 e. The molecule has 0 aliphatic rings. The zero-order chi connectivity index (χ0) is 11.4. The van der Waals surface area contributed by atoms with Gasteiger partial charge in [0.05, 0.1) is 7.11 Å². The van der Waals surface area contributed by atoms with Crippen LogP contribution in [0.15, 0.2) is 42.6 Å². The topological polar surface area (TPSA) is 22.1 Å². The first-order chi connectivity index (χ1) is 7.78. The summed E-state index contributed by atoms with van der Waals surface area (Å²) in [6.07, 6.45) is 2.72. The van der Waals surface area contributed by atoms with Crippen molar-refractivity contribution in [3.05, 3.63) is 59.4 Å². The summed E-state index contributed by atoms with van der Waals surface area (Å²) < 4.78 is 5.12. The lowest BCUT2D eigenvalue weighted by atomic mass is 10.1. The van der Waals surface area contributed by atoms with Gasteiger partial charge in [0.2, 0.25) is 0 Å². The normalized spacial score (nSPS) is 10.1. The predicted octanol–water partition coefficient (Wildman–Crippen LogP) is 2.99. The van der Waals surface area contributed by atoms with Gasteiger partial charge in [0.1, 0.15) is 5.75 Å². The molecule has 0 N–H and O–H groups in total. The Morgan fingerprint density at radius 1 is 1.12 bits per heavy atom. The van der Waals surface area contributed by atoms with Crippen LogP contribution >= 0.6 is 0 Å². The molecular weight excluding hydrogens is 198 g/mol. The third kappa shape index (κ3) is 2.60. The Morgan fingerprint density at radius 3 is 2.50 bits per heavy atom. The Labute approximate surface area is 95.9 Å². The van der Waals surface area contributed by atoms with E-state index in [-0.39, 0.29) is 0 Å². The molecule has 2 rings (SSSR count). The van der Waals surface area contributed by atoms with E-state index < -0.39 is 0 Å². The van der Waals surface area contributed by atoms with Gasteiger partial charge in [-0.3, -0.25) is 4.98 Å². The SMILES string of the molecule is COc1ccc(Cc2cc(C)ccn2)cc1. The van der Waals surface area contributed by atoms with Crippen LogP contribution in [0, 0.1) is 6.92 Å². The summed E-state index contributed by atoms with van der Waals surface area (Å²) in [5.41, 5.74) is 3.60. The molecule has 0 bridgehead atoms. The molecule has 1 heterocycles. The van der Waals surface area contributed by atoms with E-state index in [0.717, 1.165) is 17.9 Å². The van der Waals surface area contributed by atoms with Gasteiger partial charge in [-0.1, -0.05) is 12.1 Å². The van der Waals surface area contributed by atoms with E-state index >= 15 is 0 Å². The molecule has 0 aliphatic carbocycles. The van der Waals surface area contributed by atoms with Gasteiger partial charge in [0.15, 0.2) is 0 Å². The lowest BCUT2D eigenvalue weighted by molar-refractivity contribution is 0.414. The molecule has 2 heteroatoms. The largest absolute Gasteiger partial charge is 0.497 e. The van der Waals surface area contributed by atoms with Crippen LogP contribution in [0.25, 0.3) is 0 Å². The van der Waals surface area contributed by atoms with Gasteiger partial charge in [0.25, 0.3) is 0 Å². The number of rotatable bonds is 3. The zero-order valence-corrected chi connectivity index (χ0v) is 9.60. The highest BCUT2D eigenvalue weighted by Gasteiger charge is 1.98. The molecule has 0 aliphatic heterocycles. The molecule has 0 spiro atoms. The van der Waals surface area contributed by atoms with Gasteiger partial charge in [-0.25, -0.2) is 0 Å². The highest BCUT2D eigenvalue weighted by Crippen LogP contribution is 2.14. The van der Waals surface area contributed by atoms with Crippen LogP contribution in [0.5, 0.6) is 5.75 Å². The van der Waals surface area contributed by atoms with Gasteiger partial charge >= 0.3 is 0 Å². The summed E-state index contributed by atoms with van der Waals surface area (Å²) in [5, 5.41) is 0. The molecule has 0 saturated heterocycles. The van der Waals surface area contributed by atoms with Crippen LogP contribution < -0.4 is 4.74 Å². The highest BCUT2D eigenvalue weighted by molar-refractivity contribution is 5.30. The molecular formula is C14H15NO. The molecule has 82 valence electrons. The maximum atomic E-state index is 5.12. The van der Waals surface area contributed by atoms with E-state index in [2.05, 4.69) is 30.1 Å². The molecule has 0 atom stereocenters. The van der Waals surface area contributed by atoms with Crippen molar-refractivity contribution in [2.24, 2.45) is 0 Å². The van der Waals surface area contributed by atoms with Crippen molar-refractivity contribution in [2.75, 3.05) is 7.11 Å². The Kier molecular flexibility index (Phi) is 3.20. The Morgan fingerprint density at radius 2 is 1.88 bits per heavy atom. The molecule has 0 saturated carbocycles. The first-order valence-electron chi connectivity index (χ1n) is 5.32. The van der Waals surface area contributed by atoms with Gasteiger partial charge in [-0.15, -0.1) is 0 Å². The van der Waals surface area contributed by atoms with Crippen LogP contribution in [0.4, 0.5) is 0 Å². The quantitative estimate of drug-likeness (QED) is 0.782. The lowest BCUT2D eigenvalue weighted by Gasteiger charge is -2.03. The number of aryl methyl sites for hydroxylation is 1. The number of hydrogen-bond acceptors (Lipinski definition) is 2. The second-order valence-electron chi connectivity index (χ2n) is 3.85. The number of benzene rings is 1. The van der Waals surface area contributed by atoms with Crippen molar-refractivity contribution in [2.45, 2.75) is 13.3 Å². The van der Waals surface area contributed by atoms with Crippen LogP contribution in [0.1, 0.15) is 16.8 Å². The van der Waals surface area contributed by atoms with E-state index in [4.69, 9.17) is 4.74 Å². The first-order valence-corrected chi connectivity index (χ1v) is 5.32. The number of aromatic nitrogens is 1. The molecule has 1 aromatic heterocycles. The van der Waals surface area contributed by atoms with Gasteiger partial charge < -0.3 is 4.74 Å². The first kappa shape index (κ1) is 10.7. The fourth-order valence-electron chi connectivity index (χ4n) is 1.65. The minimum Gasteiger partial charge on any atom is -0.497 e. The van der Waals surface area contributed by atoms with E-state index in [1.165, 1.54) is 11.1 Å². The van der Waals surface area contributed by atoms with Crippen LogP contribution in [0.2, 0.25) is 0 Å². The minimum absolute atomic E-state index is 0.867. The summed E-state index contributed by atoms with van der Waals surface area (Å²) in [6, 6.07) is 12.2. The number of pyridine rings is 1. The average Bonchev–Trinajstić information content (AvgIpc) is 2.30. The second-order valence-corrected chi connectivity index (χ2v) is 3.85. The summed E-state index contributed by atoms with van der Waals surface area (Å²) in [7, 11) is 1.68. The Balaban J connectivity index is 2.14. The average molecular weight is 213 g/mol. The standard InChI is InChI=1S/C14H15NO/c1-11-7-8-15-13(9-11)10-12-3-5-14(16-2)6-4-12/h3-9H,10H2,1-2H3. The number of hydrogen-bond donors (Lipinski definition) is 0. The van der Waals surface area contributed by atoms with E-state index in [9.17, 15) is 0 Å². The molecule has 0 amide bonds. The third-order valence-electron chi connectivity index (χ3n) is 2.52. The molecule has 2 aromatic rings. The fourth-order valence-corrected chi connectivity index (χ4v) is 1.65. The minimum atomic E-state index is 0.867. The van der Waals surface area contributed by atoms with Crippen molar-refractivity contribution in [1.82, 2.24) is 4.98 Å². The van der Waals surface area contributed by atoms with Crippen molar-refractivity contribution in [3.8, 4) is 5.75 Å². The predicted molar refractivity (Wildman–Crippen MR) is 64.8 cm³/mol. The van der Waals surface area contributed by atoms with E-state index in [1.807, 2.05) is 24.4 Å². The maximum Gasteiger partial charge on any atom is 0.118 e. The lowest BCUT2D eigenvalue weighted by Crippen LogP contribution is -1.92. The number of ether oxygens (including phenoxy) is 1. The van der Waals surface area contributed by atoms with Crippen LogP contribution in [-0.4, -0.2) is 12.1 Å². The summed E-state index contributed by atoms with van der Waals surface area (Å²) in [6.45, 7) is 2.08. The van der Waals surface area contributed by atoms with Gasteiger partial charge in [-0.2, -0.15) is 0 Å². The molecule has 16 heavy (non-hydrogen) atoms. The van der Waals surface area contributed by atoms with Gasteiger partial charge in [0, 0.05) is 18.3 Å². The molecule has 2 nitrogen and oxygen atoms in total. The second kappa shape index (κ2) is 4.79. The van der Waals surface area contributed by atoms with Crippen molar-refractivity contribution in [3.63, 3.8) is 0 Å². The number of methoxy groups -OCH3 is 1. The monoisotopic (exact) mass is 213 g/mol. The van der Waals surface area contributed by atoms with Crippen molar-refractivity contribution < 1.29 is 4.74 Å². The van der Waals surface area contributed by atoms with Crippen LogP contribution in [0.3, 0.4) is 0 Å². The molecule has 0 radical (unpaired) electrons. The molecule has 0 unspecified atom stereocenters. The maximum absolute atomic E-state index is 5.12. The highest BCUT2D eigenvalue weighted by atomic mass is 16.5. The number of nitrogens with zero attached hydrogens (tertiary/aromatic N) is 1. The molecule has 0 fully saturated rings. The van der Waals surface area contributed by atoms with E-state index in [1.54, 1.807) is 7.11 Å². The Hall–Kier alpha value is -1.83. The molecule has 1 aromatic carbocycles. The summed E-state index contributed by atoms with van der Waals surface area (Å²) in [5.74, 6) is 0.890. The van der Waals surface area contributed by atoms with Crippen LogP contribution in [-0.2, 0) is 6.42 Å². The summed E-state index contributed by atoms with van der Waals surface area (Å²) in [4.78, 5) is 4.35. The third-order valence-corrected chi connectivity index (χ3v) is 2.52. The van der Waals surface area contributed by atoms with Gasteiger partial charge in [-0.05, 0) is 42.3 Å². The fraction of sp³-hybridized carbons (Fsp3) is 0.214. The van der Waals surface area contributed by atoms with Crippen molar-refractivity contribution in [1.29, 1.82) is 0 Å². The van der Waals surface area contributed by atoms with E-state index in [0.29, 0.717) is 0 Å². The zero-order valence-electron chi connectivity index (χ0n) is 9.60. The Bertz CT molecular complexity index is 462. The van der Waals surface area contributed by atoms with Crippen molar-refractivity contribution >= 4 is 0 Å². The summed E-state index contributed by atoms with van der Waals surface area (Å²) >= 11 is 0.